The number of carbonyl (C=O) groups is 3. The van der Waals surface area contributed by atoms with Crippen LogP contribution in [0.15, 0.2) is 42.5 Å². The standard InChI is InChI=1S/C24H28FN3O5.C2H6.CH4N2/c1-16-4-6-19(7-5-16)26-23(31)22(30)21(15-29)33-11-10-27(2)20-13-17(12-18(25)14-20)24(32)28-8-3-9-28;1-2;2-1-3/h4-7,12-15,21-22,30H,3,8-11H2,1-2H3,(H,26,31);1-2H3;1H,(H3,2,3)/t21-,22+;;/m0../s1. The summed E-state index contributed by atoms with van der Waals surface area (Å²) in [5, 5.41) is 18.6. The summed E-state index contributed by atoms with van der Waals surface area (Å²) in [5.74, 6) is -1.50. The summed E-state index contributed by atoms with van der Waals surface area (Å²) < 4.78 is 19.5. The second-order valence-electron chi connectivity index (χ2n) is 8.20. The molecule has 3 rings (SSSR count). The monoisotopic (exact) mass is 531 g/mol. The van der Waals surface area contributed by atoms with Gasteiger partial charge in [-0.2, -0.15) is 0 Å². The third kappa shape index (κ3) is 9.91. The predicted molar refractivity (Wildman–Crippen MR) is 146 cm³/mol. The molecule has 0 aromatic heterocycles. The van der Waals surface area contributed by atoms with Gasteiger partial charge < -0.3 is 35.5 Å². The van der Waals surface area contributed by atoms with Crippen molar-refractivity contribution in [3.63, 3.8) is 0 Å². The van der Waals surface area contributed by atoms with E-state index in [0.717, 1.165) is 18.3 Å². The van der Waals surface area contributed by atoms with E-state index in [1.165, 1.54) is 12.1 Å². The quantitative estimate of drug-likeness (QED) is 0.209. The summed E-state index contributed by atoms with van der Waals surface area (Å²) in [4.78, 5) is 39.3. The number of amides is 2. The Hall–Kier alpha value is -3.83. The molecule has 1 aliphatic rings. The highest BCUT2D eigenvalue weighted by Gasteiger charge is 2.27. The summed E-state index contributed by atoms with van der Waals surface area (Å²) in [6.07, 6.45) is -0.993. The number of nitrogens with one attached hydrogen (secondary N) is 2. The number of carbonyl (C=O) groups excluding carboxylic acids is 3. The van der Waals surface area contributed by atoms with Gasteiger partial charge in [-0.1, -0.05) is 31.5 Å². The molecular formula is C27H38FN5O5. The molecule has 2 amide bonds. The molecule has 11 heteroatoms. The van der Waals surface area contributed by atoms with Crippen LogP contribution in [0.5, 0.6) is 0 Å². The lowest BCUT2D eigenvalue weighted by molar-refractivity contribution is -0.139. The highest BCUT2D eigenvalue weighted by Crippen LogP contribution is 2.21. The first-order valence-electron chi connectivity index (χ1n) is 12.3. The number of aliphatic hydroxyl groups excluding tert-OH is 1. The van der Waals surface area contributed by atoms with Gasteiger partial charge in [0, 0.05) is 43.6 Å². The fourth-order valence-electron chi connectivity index (χ4n) is 3.28. The van der Waals surface area contributed by atoms with Crippen LogP contribution in [0.4, 0.5) is 15.8 Å². The van der Waals surface area contributed by atoms with Gasteiger partial charge in [-0.05, 0) is 43.7 Å². The Balaban J connectivity index is 0.00000135. The van der Waals surface area contributed by atoms with Crippen molar-refractivity contribution >= 4 is 35.8 Å². The lowest BCUT2D eigenvalue weighted by Gasteiger charge is -2.31. The normalized spacial score (nSPS) is 13.3. The van der Waals surface area contributed by atoms with E-state index in [-0.39, 0.29) is 24.6 Å². The van der Waals surface area contributed by atoms with E-state index in [2.05, 4.69) is 11.1 Å². The molecule has 0 saturated carbocycles. The lowest BCUT2D eigenvalue weighted by atomic mass is 10.1. The number of aryl methyl sites for hydroxylation is 1. The van der Waals surface area contributed by atoms with E-state index in [9.17, 15) is 23.9 Å². The first-order valence-corrected chi connectivity index (χ1v) is 12.3. The van der Waals surface area contributed by atoms with Crippen LogP contribution in [-0.2, 0) is 14.3 Å². The Kier molecular flexibility index (Phi) is 14.3. The highest BCUT2D eigenvalue weighted by atomic mass is 19.1. The molecule has 5 N–H and O–H groups in total. The number of likely N-dealkylation sites (N-methyl/N-ethyl adjacent to an activating group) is 1. The predicted octanol–water partition coefficient (Wildman–Crippen LogP) is 2.58. The average molecular weight is 532 g/mol. The van der Waals surface area contributed by atoms with Crippen molar-refractivity contribution in [2.45, 2.75) is 39.4 Å². The van der Waals surface area contributed by atoms with Gasteiger partial charge in [-0.25, -0.2) is 4.39 Å². The third-order valence-corrected chi connectivity index (χ3v) is 5.48. The SMILES string of the molecule is CC.Cc1ccc(NC(=O)[C@H](O)[C@H](C=O)OCCN(C)c2cc(F)cc(C(=O)N3CCC3)c2)cc1.N=CN. The van der Waals surface area contributed by atoms with E-state index in [0.29, 0.717) is 30.8 Å². The molecule has 1 aliphatic heterocycles. The van der Waals surface area contributed by atoms with E-state index in [1.54, 1.807) is 47.2 Å². The van der Waals surface area contributed by atoms with Crippen molar-refractivity contribution in [2.75, 3.05) is 43.5 Å². The summed E-state index contributed by atoms with van der Waals surface area (Å²) in [7, 11) is 1.69. The Bertz CT molecular complexity index is 1050. The maximum Gasteiger partial charge on any atom is 0.256 e. The molecule has 1 saturated heterocycles. The van der Waals surface area contributed by atoms with E-state index < -0.39 is 23.9 Å². The second-order valence-corrected chi connectivity index (χ2v) is 8.20. The van der Waals surface area contributed by atoms with Crippen molar-refractivity contribution in [1.29, 1.82) is 5.41 Å². The van der Waals surface area contributed by atoms with Crippen LogP contribution in [0.1, 0.15) is 36.2 Å². The summed E-state index contributed by atoms with van der Waals surface area (Å²) in [6.45, 7) is 7.46. The number of nitrogens with two attached hydrogens (primary N) is 1. The van der Waals surface area contributed by atoms with Gasteiger partial charge in [0.15, 0.2) is 12.4 Å². The summed E-state index contributed by atoms with van der Waals surface area (Å²) >= 11 is 0. The fraction of sp³-hybridized carbons (Fsp3) is 0.407. The number of benzene rings is 2. The summed E-state index contributed by atoms with van der Waals surface area (Å²) in [6, 6.07) is 11.1. The molecule has 0 spiro atoms. The molecule has 10 nitrogen and oxygen atoms in total. The average Bonchev–Trinajstić information content (AvgIpc) is 2.87. The minimum atomic E-state index is -1.69. The number of aldehydes is 1. The number of halogens is 1. The van der Waals surface area contributed by atoms with Crippen molar-refractivity contribution in [2.24, 2.45) is 5.73 Å². The molecule has 2 atom stereocenters. The maximum absolute atomic E-state index is 14.1. The number of anilines is 2. The van der Waals surface area contributed by atoms with Gasteiger partial charge in [-0.3, -0.25) is 15.0 Å². The molecule has 1 fully saturated rings. The van der Waals surface area contributed by atoms with Crippen molar-refractivity contribution in [1.82, 2.24) is 4.90 Å². The van der Waals surface area contributed by atoms with E-state index >= 15 is 0 Å². The van der Waals surface area contributed by atoms with E-state index in [1.807, 2.05) is 20.8 Å². The van der Waals surface area contributed by atoms with Crippen LogP contribution < -0.4 is 16.0 Å². The molecule has 0 radical (unpaired) electrons. The van der Waals surface area contributed by atoms with Crippen LogP contribution in [0.25, 0.3) is 0 Å². The van der Waals surface area contributed by atoms with Gasteiger partial charge in [0.05, 0.1) is 12.9 Å². The molecular weight excluding hydrogens is 493 g/mol. The zero-order valence-electron chi connectivity index (χ0n) is 22.3. The molecule has 1 heterocycles. The molecule has 208 valence electrons. The van der Waals surface area contributed by atoms with Crippen molar-refractivity contribution in [3.05, 3.63) is 59.4 Å². The Morgan fingerprint density at radius 2 is 1.84 bits per heavy atom. The van der Waals surface area contributed by atoms with Crippen LogP contribution in [0, 0.1) is 18.2 Å². The maximum atomic E-state index is 14.1. The number of likely N-dealkylation sites (tertiary alicyclic amines) is 1. The van der Waals surface area contributed by atoms with Crippen LogP contribution >= 0.6 is 0 Å². The molecule has 38 heavy (non-hydrogen) atoms. The zero-order chi connectivity index (χ0) is 28.7. The molecule has 0 unspecified atom stereocenters. The number of hydrogen-bond acceptors (Lipinski definition) is 7. The fourth-order valence-corrected chi connectivity index (χ4v) is 3.28. The van der Waals surface area contributed by atoms with Gasteiger partial charge in [0.1, 0.15) is 11.9 Å². The lowest BCUT2D eigenvalue weighted by Crippen LogP contribution is -2.42. The second kappa shape index (κ2) is 16.8. The minimum Gasteiger partial charge on any atom is -0.390 e. The molecule has 2 aromatic rings. The first-order chi connectivity index (χ1) is 18.2. The summed E-state index contributed by atoms with van der Waals surface area (Å²) in [5.41, 5.74) is 6.64. The van der Waals surface area contributed by atoms with Crippen molar-refractivity contribution in [3.8, 4) is 0 Å². The number of hydrogen-bond donors (Lipinski definition) is 4. The van der Waals surface area contributed by atoms with Gasteiger partial charge in [0.2, 0.25) is 0 Å². The van der Waals surface area contributed by atoms with Gasteiger partial charge in [-0.15, -0.1) is 0 Å². The van der Waals surface area contributed by atoms with Crippen LogP contribution in [-0.4, -0.2) is 79.9 Å². The number of nitrogens with zero attached hydrogens (tertiary/aromatic N) is 2. The van der Waals surface area contributed by atoms with Crippen molar-refractivity contribution < 1.29 is 28.6 Å². The van der Waals surface area contributed by atoms with Gasteiger partial charge in [0.25, 0.3) is 11.8 Å². The Morgan fingerprint density at radius 1 is 1.24 bits per heavy atom. The minimum absolute atomic E-state index is 0.0132. The van der Waals surface area contributed by atoms with E-state index in [4.69, 9.17) is 10.1 Å². The first kappa shape index (κ1) is 32.2. The molecule has 2 aromatic carbocycles. The van der Waals surface area contributed by atoms with Crippen LogP contribution in [0.2, 0.25) is 0 Å². The molecule has 0 bridgehead atoms. The Morgan fingerprint density at radius 3 is 2.37 bits per heavy atom. The topological polar surface area (TPSA) is 149 Å². The number of ether oxygens (including phenoxy) is 1. The molecule has 0 aliphatic carbocycles. The highest BCUT2D eigenvalue weighted by molar-refractivity contribution is 5.96. The largest absolute Gasteiger partial charge is 0.390 e. The number of rotatable bonds is 10. The van der Waals surface area contributed by atoms with Gasteiger partial charge >= 0.3 is 0 Å². The smallest absolute Gasteiger partial charge is 0.256 e. The third-order valence-electron chi connectivity index (χ3n) is 5.48. The Labute approximate surface area is 223 Å². The van der Waals surface area contributed by atoms with Crippen LogP contribution in [0.3, 0.4) is 0 Å². The number of aliphatic hydroxyl groups is 1. The zero-order valence-corrected chi connectivity index (χ0v) is 22.3.